The van der Waals surface area contributed by atoms with E-state index >= 15 is 0 Å². The number of hydrogen-bond acceptors (Lipinski definition) is 5. The molecular formula is C14H13N2O5+. The fourth-order valence-electron chi connectivity index (χ4n) is 2.31. The van der Waals surface area contributed by atoms with Crippen molar-refractivity contribution in [1.82, 2.24) is 0 Å². The Balaban J connectivity index is 2.03. The van der Waals surface area contributed by atoms with E-state index in [1.165, 1.54) is 12.1 Å². The van der Waals surface area contributed by atoms with Gasteiger partial charge in [0, 0.05) is 23.8 Å². The molecule has 1 aliphatic heterocycles. The Kier molecular flexibility index (Phi) is 3.41. The van der Waals surface area contributed by atoms with Crippen LogP contribution in [0.2, 0.25) is 0 Å². The number of nitrogens with zero attached hydrogens (tertiary/aromatic N) is 2. The zero-order valence-electron chi connectivity index (χ0n) is 11.1. The van der Waals surface area contributed by atoms with E-state index in [1.54, 1.807) is 29.1 Å². The van der Waals surface area contributed by atoms with Crippen LogP contribution in [0.15, 0.2) is 36.7 Å². The summed E-state index contributed by atoms with van der Waals surface area (Å²) in [6.45, 7) is 0.773. The lowest BCUT2D eigenvalue weighted by Gasteiger charge is -2.19. The van der Waals surface area contributed by atoms with E-state index in [2.05, 4.69) is 0 Å². The molecule has 21 heavy (non-hydrogen) atoms. The standard InChI is InChI=1S/C14H12N2O5/c17-13-2-1-3-15(7-13)6-10-4-12(16(18)19)5-11-8-20-9-21-14(10)11/h1-5,7H,6,8-9H2/p+1. The van der Waals surface area contributed by atoms with Crippen molar-refractivity contribution in [1.29, 1.82) is 0 Å². The van der Waals surface area contributed by atoms with Crippen molar-refractivity contribution in [2.75, 3.05) is 6.79 Å². The van der Waals surface area contributed by atoms with Crippen LogP contribution in [0.25, 0.3) is 0 Å². The maximum Gasteiger partial charge on any atom is 0.270 e. The molecule has 1 aromatic heterocycles. The van der Waals surface area contributed by atoms with E-state index in [1.807, 2.05) is 0 Å². The molecular weight excluding hydrogens is 276 g/mol. The zero-order chi connectivity index (χ0) is 14.8. The Morgan fingerprint density at radius 3 is 3.05 bits per heavy atom. The third kappa shape index (κ3) is 2.77. The fraction of sp³-hybridized carbons (Fsp3) is 0.214. The number of nitro benzene ring substituents is 1. The molecule has 0 saturated heterocycles. The summed E-state index contributed by atoms with van der Waals surface area (Å²) in [5, 5.41) is 20.5. The molecule has 2 aromatic rings. The Labute approximate surface area is 120 Å². The van der Waals surface area contributed by atoms with Crippen LogP contribution in [-0.2, 0) is 17.9 Å². The van der Waals surface area contributed by atoms with Gasteiger partial charge in [0.15, 0.2) is 25.3 Å². The average Bonchev–Trinajstić information content (AvgIpc) is 2.47. The van der Waals surface area contributed by atoms with E-state index in [0.717, 1.165) is 0 Å². The maximum atomic E-state index is 11.0. The Bertz CT molecular complexity index is 702. The number of hydrogen-bond donors (Lipinski definition) is 1. The first-order chi connectivity index (χ1) is 10.1. The second kappa shape index (κ2) is 5.37. The van der Waals surface area contributed by atoms with Crippen molar-refractivity contribution >= 4 is 5.69 Å². The largest absolute Gasteiger partial charge is 0.503 e. The van der Waals surface area contributed by atoms with Crippen LogP contribution in [0, 0.1) is 10.1 Å². The molecule has 7 heteroatoms. The molecule has 0 radical (unpaired) electrons. The number of non-ortho nitro benzene ring substituents is 1. The van der Waals surface area contributed by atoms with Gasteiger partial charge in [0.25, 0.3) is 5.69 Å². The molecule has 3 rings (SSSR count). The van der Waals surface area contributed by atoms with Gasteiger partial charge >= 0.3 is 0 Å². The zero-order valence-corrected chi connectivity index (χ0v) is 11.1. The molecule has 1 aliphatic rings. The Hall–Kier alpha value is -2.67. The number of aromatic nitrogens is 1. The van der Waals surface area contributed by atoms with Gasteiger partial charge < -0.3 is 14.6 Å². The summed E-state index contributed by atoms with van der Waals surface area (Å²) in [6.07, 6.45) is 3.31. The summed E-state index contributed by atoms with van der Waals surface area (Å²) >= 11 is 0. The molecule has 7 nitrogen and oxygen atoms in total. The van der Waals surface area contributed by atoms with E-state index in [9.17, 15) is 15.2 Å². The Morgan fingerprint density at radius 1 is 1.43 bits per heavy atom. The summed E-state index contributed by atoms with van der Waals surface area (Å²) in [5.41, 5.74) is 1.34. The molecule has 0 saturated carbocycles. The normalized spacial score (nSPS) is 13.3. The number of benzene rings is 1. The van der Waals surface area contributed by atoms with E-state index in [4.69, 9.17) is 9.47 Å². The van der Waals surface area contributed by atoms with Gasteiger partial charge in [0.1, 0.15) is 5.75 Å². The number of fused-ring (bicyclic) bond motifs is 1. The third-order valence-electron chi connectivity index (χ3n) is 3.18. The molecule has 108 valence electrons. The van der Waals surface area contributed by atoms with Crippen molar-refractivity contribution < 1.29 is 24.1 Å². The maximum absolute atomic E-state index is 11.0. The SMILES string of the molecule is O=[N+]([O-])c1cc2c(c(C[n+]3cccc(O)c3)c1)OCOC2. The highest BCUT2D eigenvalue weighted by Gasteiger charge is 2.23. The van der Waals surface area contributed by atoms with Gasteiger partial charge in [0.05, 0.1) is 17.1 Å². The summed E-state index contributed by atoms with van der Waals surface area (Å²) < 4.78 is 12.4. The van der Waals surface area contributed by atoms with Gasteiger partial charge in [-0.15, -0.1) is 0 Å². The van der Waals surface area contributed by atoms with Crippen molar-refractivity contribution in [2.24, 2.45) is 0 Å². The van der Waals surface area contributed by atoms with Crippen molar-refractivity contribution in [3.05, 3.63) is 57.9 Å². The van der Waals surface area contributed by atoms with Gasteiger partial charge in [-0.3, -0.25) is 10.1 Å². The molecule has 0 amide bonds. The predicted octanol–water partition coefficient (Wildman–Crippen LogP) is 1.50. The summed E-state index contributed by atoms with van der Waals surface area (Å²) in [4.78, 5) is 10.6. The minimum Gasteiger partial charge on any atom is -0.503 e. The summed E-state index contributed by atoms with van der Waals surface area (Å²) in [6, 6.07) is 6.21. The van der Waals surface area contributed by atoms with Crippen LogP contribution < -0.4 is 9.30 Å². The second-order valence-electron chi connectivity index (χ2n) is 4.70. The highest BCUT2D eigenvalue weighted by Crippen LogP contribution is 2.32. The molecule has 1 aromatic carbocycles. The van der Waals surface area contributed by atoms with E-state index in [0.29, 0.717) is 23.4 Å². The number of ether oxygens (including phenoxy) is 2. The molecule has 1 N–H and O–H groups in total. The van der Waals surface area contributed by atoms with Gasteiger partial charge in [-0.05, 0) is 6.07 Å². The number of pyridine rings is 1. The van der Waals surface area contributed by atoms with Gasteiger partial charge in [0.2, 0.25) is 6.20 Å². The highest BCUT2D eigenvalue weighted by atomic mass is 16.7. The first-order valence-electron chi connectivity index (χ1n) is 6.32. The quantitative estimate of drug-likeness (QED) is 0.526. The topological polar surface area (TPSA) is 85.7 Å². The van der Waals surface area contributed by atoms with Crippen LogP contribution in [-0.4, -0.2) is 16.8 Å². The van der Waals surface area contributed by atoms with Crippen LogP contribution in [0.4, 0.5) is 5.69 Å². The molecule has 0 fully saturated rings. The average molecular weight is 289 g/mol. The van der Waals surface area contributed by atoms with Crippen molar-refractivity contribution in [3.63, 3.8) is 0 Å². The van der Waals surface area contributed by atoms with Gasteiger partial charge in [-0.2, -0.15) is 4.57 Å². The molecule has 0 bridgehead atoms. The molecule has 0 atom stereocenters. The summed E-state index contributed by atoms with van der Waals surface area (Å²) in [5.74, 6) is 0.740. The molecule has 0 spiro atoms. The lowest BCUT2D eigenvalue weighted by Crippen LogP contribution is -2.33. The molecule has 2 heterocycles. The second-order valence-corrected chi connectivity index (χ2v) is 4.70. The number of rotatable bonds is 3. The van der Waals surface area contributed by atoms with E-state index in [-0.39, 0.29) is 24.8 Å². The van der Waals surface area contributed by atoms with Crippen LogP contribution in [0.3, 0.4) is 0 Å². The van der Waals surface area contributed by atoms with Gasteiger partial charge in [-0.25, -0.2) is 0 Å². The first kappa shape index (κ1) is 13.3. The monoisotopic (exact) mass is 289 g/mol. The molecule has 0 unspecified atom stereocenters. The van der Waals surface area contributed by atoms with E-state index < -0.39 is 4.92 Å². The minimum atomic E-state index is -0.439. The predicted molar refractivity (Wildman–Crippen MR) is 70.8 cm³/mol. The first-order valence-corrected chi connectivity index (χ1v) is 6.32. The third-order valence-corrected chi connectivity index (χ3v) is 3.18. The van der Waals surface area contributed by atoms with Crippen molar-refractivity contribution in [2.45, 2.75) is 13.2 Å². The Morgan fingerprint density at radius 2 is 2.29 bits per heavy atom. The smallest absolute Gasteiger partial charge is 0.270 e. The van der Waals surface area contributed by atoms with Crippen LogP contribution in [0.5, 0.6) is 11.5 Å². The van der Waals surface area contributed by atoms with Crippen LogP contribution >= 0.6 is 0 Å². The number of aromatic hydroxyl groups is 1. The summed E-state index contributed by atoms with van der Waals surface area (Å²) in [7, 11) is 0. The highest BCUT2D eigenvalue weighted by molar-refractivity contribution is 5.50. The van der Waals surface area contributed by atoms with Crippen LogP contribution in [0.1, 0.15) is 11.1 Å². The van der Waals surface area contributed by atoms with Gasteiger partial charge in [-0.1, -0.05) is 0 Å². The lowest BCUT2D eigenvalue weighted by atomic mass is 10.1. The minimum absolute atomic E-state index is 0.00129. The number of nitro groups is 1. The fourth-order valence-corrected chi connectivity index (χ4v) is 2.31. The lowest BCUT2D eigenvalue weighted by molar-refractivity contribution is -0.688. The van der Waals surface area contributed by atoms with Crippen molar-refractivity contribution in [3.8, 4) is 11.5 Å². The molecule has 0 aliphatic carbocycles.